The van der Waals surface area contributed by atoms with Crippen molar-refractivity contribution in [3.05, 3.63) is 19.1 Å². The average Bonchev–Trinajstić information content (AvgIpc) is 2.53. The van der Waals surface area contributed by atoms with Gasteiger partial charge in [-0.3, -0.25) is 19.3 Å². The quantitative estimate of drug-likeness (QED) is 0.629. The number of carbonyl (C=O) groups excluding carboxylic acids is 3. The summed E-state index contributed by atoms with van der Waals surface area (Å²) >= 11 is 0. The zero-order valence-electron chi connectivity index (χ0n) is 8.36. The molecule has 5 nitrogen and oxygen atoms in total. The van der Waals surface area contributed by atoms with Crippen LogP contribution in [0.2, 0.25) is 0 Å². The summed E-state index contributed by atoms with van der Waals surface area (Å²) < 4.78 is 0. The van der Waals surface area contributed by atoms with Crippen molar-refractivity contribution in [1.29, 1.82) is 0 Å². The molecular formula is C10H13N2O3. The molecular weight excluding hydrogens is 196 g/mol. The molecule has 0 saturated carbocycles. The van der Waals surface area contributed by atoms with Crippen molar-refractivity contribution in [3.8, 4) is 0 Å². The first-order chi connectivity index (χ1) is 7.15. The van der Waals surface area contributed by atoms with E-state index in [0.29, 0.717) is 13.0 Å². The molecule has 0 aromatic carbocycles. The lowest BCUT2D eigenvalue weighted by atomic mass is 10.3. The first kappa shape index (κ1) is 11.4. The third-order valence-corrected chi connectivity index (χ3v) is 1.96. The van der Waals surface area contributed by atoms with E-state index in [1.807, 2.05) is 0 Å². The van der Waals surface area contributed by atoms with Gasteiger partial charge in [-0.05, 0) is 6.42 Å². The summed E-state index contributed by atoms with van der Waals surface area (Å²) in [7, 11) is 0. The Kier molecular flexibility index (Phi) is 4.03. The molecule has 1 radical (unpaired) electrons. The first-order valence-corrected chi connectivity index (χ1v) is 4.74. The highest BCUT2D eigenvalue weighted by Crippen LogP contribution is 2.03. The number of amides is 3. The highest BCUT2D eigenvalue weighted by molar-refractivity contribution is 6.13. The van der Waals surface area contributed by atoms with Gasteiger partial charge in [-0.25, -0.2) is 0 Å². The van der Waals surface area contributed by atoms with E-state index in [9.17, 15) is 14.4 Å². The van der Waals surface area contributed by atoms with E-state index in [0.717, 1.165) is 4.90 Å². The summed E-state index contributed by atoms with van der Waals surface area (Å²) in [6, 6.07) is 0. The molecule has 1 aliphatic heterocycles. The van der Waals surface area contributed by atoms with Gasteiger partial charge in [-0.2, -0.15) is 0 Å². The van der Waals surface area contributed by atoms with Crippen molar-refractivity contribution in [1.82, 2.24) is 10.2 Å². The number of hydrogen-bond donors (Lipinski definition) is 1. The van der Waals surface area contributed by atoms with E-state index in [2.05, 4.69) is 12.2 Å². The summed E-state index contributed by atoms with van der Waals surface area (Å²) in [5.41, 5.74) is 0. The normalized spacial score (nSPS) is 14.9. The summed E-state index contributed by atoms with van der Waals surface area (Å²) in [4.78, 5) is 34.4. The molecule has 3 amide bonds. The van der Waals surface area contributed by atoms with Gasteiger partial charge in [0, 0.05) is 31.7 Å². The summed E-state index contributed by atoms with van der Waals surface area (Å²) in [6.07, 6.45) is 3.17. The van der Waals surface area contributed by atoms with Gasteiger partial charge in [0.05, 0.1) is 0 Å². The fourth-order valence-electron chi connectivity index (χ4n) is 1.18. The van der Waals surface area contributed by atoms with Crippen molar-refractivity contribution in [2.24, 2.45) is 0 Å². The maximum atomic E-state index is 11.2. The number of nitrogens with zero attached hydrogens (tertiary/aromatic N) is 1. The minimum absolute atomic E-state index is 0.133. The molecule has 0 unspecified atom stereocenters. The van der Waals surface area contributed by atoms with Crippen LogP contribution in [0.4, 0.5) is 0 Å². The Bertz CT molecular complexity index is 292. The fourth-order valence-corrected chi connectivity index (χ4v) is 1.18. The van der Waals surface area contributed by atoms with Gasteiger partial charge >= 0.3 is 0 Å². The molecule has 0 aromatic heterocycles. The Morgan fingerprint density at radius 3 is 2.47 bits per heavy atom. The number of carbonyl (C=O) groups is 3. The molecule has 81 valence electrons. The molecule has 1 heterocycles. The van der Waals surface area contributed by atoms with Gasteiger partial charge in [-0.15, -0.1) is 0 Å². The van der Waals surface area contributed by atoms with E-state index in [1.54, 1.807) is 0 Å². The lowest BCUT2D eigenvalue weighted by Crippen LogP contribution is -2.34. The maximum absolute atomic E-state index is 11.2. The summed E-state index contributed by atoms with van der Waals surface area (Å²) in [5.74, 6) is -0.888. The predicted molar refractivity (Wildman–Crippen MR) is 53.5 cm³/mol. The van der Waals surface area contributed by atoms with Gasteiger partial charge in [0.15, 0.2) is 0 Å². The fraction of sp³-hybridized carbons (Fsp3) is 0.400. The van der Waals surface area contributed by atoms with Crippen molar-refractivity contribution < 1.29 is 14.4 Å². The second kappa shape index (κ2) is 5.29. The SMILES string of the molecule is [CH2]CCNC(=O)CCN1C(=O)C=CC1=O. The molecule has 0 atom stereocenters. The Labute approximate surface area is 88.1 Å². The van der Waals surface area contributed by atoms with Crippen LogP contribution in [0, 0.1) is 6.92 Å². The average molecular weight is 209 g/mol. The zero-order chi connectivity index (χ0) is 11.3. The second-order valence-corrected chi connectivity index (χ2v) is 3.11. The molecule has 0 fully saturated rings. The van der Waals surface area contributed by atoms with Gasteiger partial charge in [0.25, 0.3) is 11.8 Å². The van der Waals surface area contributed by atoms with E-state index < -0.39 is 0 Å². The van der Waals surface area contributed by atoms with Crippen LogP contribution in [0.1, 0.15) is 12.8 Å². The molecule has 15 heavy (non-hydrogen) atoms. The highest BCUT2D eigenvalue weighted by Gasteiger charge is 2.23. The van der Waals surface area contributed by atoms with Crippen molar-refractivity contribution in [3.63, 3.8) is 0 Å². The van der Waals surface area contributed by atoms with Gasteiger partial charge in [0.1, 0.15) is 0 Å². The molecule has 1 aliphatic rings. The Morgan fingerprint density at radius 2 is 1.93 bits per heavy atom. The van der Waals surface area contributed by atoms with Crippen LogP contribution >= 0.6 is 0 Å². The highest BCUT2D eigenvalue weighted by atomic mass is 16.2. The van der Waals surface area contributed by atoms with Crippen molar-refractivity contribution in [2.75, 3.05) is 13.1 Å². The van der Waals surface area contributed by atoms with Crippen LogP contribution in [-0.4, -0.2) is 35.7 Å². The minimum atomic E-state index is -0.357. The topological polar surface area (TPSA) is 66.5 Å². The van der Waals surface area contributed by atoms with Gasteiger partial charge in [-0.1, -0.05) is 6.92 Å². The van der Waals surface area contributed by atoms with Crippen molar-refractivity contribution in [2.45, 2.75) is 12.8 Å². The van der Waals surface area contributed by atoms with E-state index in [-0.39, 0.29) is 30.7 Å². The lowest BCUT2D eigenvalue weighted by molar-refractivity contribution is -0.137. The second-order valence-electron chi connectivity index (χ2n) is 3.11. The number of nitrogens with one attached hydrogen (secondary N) is 1. The zero-order valence-corrected chi connectivity index (χ0v) is 8.36. The Morgan fingerprint density at radius 1 is 1.33 bits per heavy atom. The Balaban J connectivity index is 2.28. The molecule has 0 saturated heterocycles. The smallest absolute Gasteiger partial charge is 0.253 e. The summed E-state index contributed by atoms with van der Waals surface area (Å²) in [6.45, 7) is 4.22. The Hall–Kier alpha value is -1.65. The molecule has 0 aromatic rings. The number of imide groups is 1. The number of hydrogen-bond acceptors (Lipinski definition) is 3. The van der Waals surface area contributed by atoms with E-state index in [1.165, 1.54) is 12.2 Å². The predicted octanol–water partition coefficient (Wildman–Crippen LogP) is -0.358. The molecule has 0 bridgehead atoms. The van der Waals surface area contributed by atoms with Gasteiger partial charge < -0.3 is 5.32 Å². The molecule has 5 heteroatoms. The molecule has 0 spiro atoms. The molecule has 0 aliphatic carbocycles. The van der Waals surface area contributed by atoms with Crippen LogP contribution in [0.15, 0.2) is 12.2 Å². The molecule has 1 N–H and O–H groups in total. The van der Waals surface area contributed by atoms with Crippen LogP contribution in [0.5, 0.6) is 0 Å². The standard InChI is InChI=1S/C10H13N2O3/c1-2-6-11-8(13)5-7-12-9(14)3-4-10(12)15/h3-4H,1-2,5-7H2,(H,11,13). The first-order valence-electron chi connectivity index (χ1n) is 4.74. The number of rotatable bonds is 5. The van der Waals surface area contributed by atoms with Crippen LogP contribution in [0.3, 0.4) is 0 Å². The minimum Gasteiger partial charge on any atom is -0.356 e. The van der Waals surface area contributed by atoms with Crippen LogP contribution in [0.25, 0.3) is 0 Å². The molecule has 1 rings (SSSR count). The third-order valence-electron chi connectivity index (χ3n) is 1.96. The monoisotopic (exact) mass is 209 g/mol. The van der Waals surface area contributed by atoms with E-state index in [4.69, 9.17) is 0 Å². The van der Waals surface area contributed by atoms with Crippen molar-refractivity contribution >= 4 is 17.7 Å². The van der Waals surface area contributed by atoms with Crippen LogP contribution in [-0.2, 0) is 14.4 Å². The van der Waals surface area contributed by atoms with E-state index >= 15 is 0 Å². The summed E-state index contributed by atoms with van der Waals surface area (Å²) in [5, 5.41) is 2.61. The maximum Gasteiger partial charge on any atom is 0.253 e. The largest absolute Gasteiger partial charge is 0.356 e. The third kappa shape index (κ3) is 3.19. The van der Waals surface area contributed by atoms with Crippen LogP contribution < -0.4 is 5.32 Å². The van der Waals surface area contributed by atoms with Gasteiger partial charge in [0.2, 0.25) is 5.91 Å². The lowest BCUT2D eigenvalue weighted by Gasteiger charge is -2.12.